The summed E-state index contributed by atoms with van der Waals surface area (Å²) in [5.41, 5.74) is 2.39. The van der Waals surface area contributed by atoms with Crippen LogP contribution in [-0.4, -0.2) is 55.1 Å². The molecular weight excluding hydrogens is 242 g/mol. The van der Waals surface area contributed by atoms with Crippen molar-refractivity contribution in [3.05, 3.63) is 29.3 Å². The third-order valence-electron chi connectivity index (χ3n) is 3.47. The SMILES string of the molecule is COc1ccc(C)cc1CCN(C)C(CO)CCO. The van der Waals surface area contributed by atoms with Gasteiger partial charge in [-0.2, -0.15) is 0 Å². The van der Waals surface area contributed by atoms with Crippen LogP contribution in [0.1, 0.15) is 17.5 Å². The first-order chi connectivity index (χ1) is 9.12. The van der Waals surface area contributed by atoms with Crippen LogP contribution < -0.4 is 4.74 Å². The fourth-order valence-corrected chi connectivity index (χ4v) is 2.18. The van der Waals surface area contributed by atoms with Gasteiger partial charge in [-0.05, 0) is 38.4 Å². The minimum absolute atomic E-state index is 0.0146. The van der Waals surface area contributed by atoms with Gasteiger partial charge in [0.1, 0.15) is 5.75 Å². The van der Waals surface area contributed by atoms with Crippen LogP contribution in [0.15, 0.2) is 18.2 Å². The molecule has 108 valence electrons. The molecule has 19 heavy (non-hydrogen) atoms. The van der Waals surface area contributed by atoms with Gasteiger partial charge in [0.25, 0.3) is 0 Å². The minimum atomic E-state index is 0.0146. The van der Waals surface area contributed by atoms with E-state index in [9.17, 15) is 5.11 Å². The van der Waals surface area contributed by atoms with Gasteiger partial charge in [-0.25, -0.2) is 0 Å². The molecule has 0 amide bonds. The molecule has 0 spiro atoms. The summed E-state index contributed by atoms with van der Waals surface area (Å²) in [6.07, 6.45) is 1.46. The van der Waals surface area contributed by atoms with Crippen molar-refractivity contribution in [2.45, 2.75) is 25.8 Å². The van der Waals surface area contributed by atoms with Crippen LogP contribution in [0.3, 0.4) is 0 Å². The zero-order chi connectivity index (χ0) is 14.3. The van der Waals surface area contributed by atoms with Crippen LogP contribution in [0.2, 0.25) is 0 Å². The summed E-state index contributed by atoms with van der Waals surface area (Å²) in [7, 11) is 3.65. The van der Waals surface area contributed by atoms with Crippen molar-refractivity contribution >= 4 is 0 Å². The topological polar surface area (TPSA) is 52.9 Å². The second-order valence-electron chi connectivity index (χ2n) is 4.89. The van der Waals surface area contributed by atoms with Gasteiger partial charge >= 0.3 is 0 Å². The highest BCUT2D eigenvalue weighted by Gasteiger charge is 2.13. The second-order valence-corrected chi connectivity index (χ2v) is 4.89. The summed E-state index contributed by atoms with van der Waals surface area (Å²) in [4.78, 5) is 2.08. The predicted molar refractivity (Wildman–Crippen MR) is 76.6 cm³/mol. The number of hydrogen-bond acceptors (Lipinski definition) is 4. The van der Waals surface area contributed by atoms with E-state index < -0.39 is 0 Å². The van der Waals surface area contributed by atoms with Crippen LogP contribution in [0, 0.1) is 6.92 Å². The quantitative estimate of drug-likeness (QED) is 0.743. The molecule has 1 rings (SSSR count). The lowest BCUT2D eigenvalue weighted by Crippen LogP contribution is -2.36. The third-order valence-corrected chi connectivity index (χ3v) is 3.47. The van der Waals surface area contributed by atoms with Crippen molar-refractivity contribution in [3.63, 3.8) is 0 Å². The van der Waals surface area contributed by atoms with E-state index in [1.54, 1.807) is 7.11 Å². The van der Waals surface area contributed by atoms with E-state index in [-0.39, 0.29) is 19.3 Å². The Morgan fingerprint density at radius 2 is 2.05 bits per heavy atom. The highest BCUT2D eigenvalue weighted by molar-refractivity contribution is 5.37. The van der Waals surface area contributed by atoms with E-state index in [1.165, 1.54) is 11.1 Å². The second kappa shape index (κ2) is 8.15. The van der Waals surface area contributed by atoms with Gasteiger partial charge in [-0.15, -0.1) is 0 Å². The summed E-state index contributed by atoms with van der Waals surface area (Å²) in [5.74, 6) is 0.904. The van der Waals surface area contributed by atoms with E-state index in [2.05, 4.69) is 17.9 Å². The first-order valence-electron chi connectivity index (χ1n) is 6.67. The van der Waals surface area contributed by atoms with Gasteiger partial charge in [0.2, 0.25) is 0 Å². The molecule has 4 heteroatoms. The first-order valence-corrected chi connectivity index (χ1v) is 6.67. The number of rotatable bonds is 8. The maximum absolute atomic E-state index is 9.29. The normalized spacial score (nSPS) is 12.7. The monoisotopic (exact) mass is 267 g/mol. The molecule has 0 aliphatic carbocycles. The number of ether oxygens (including phenoxy) is 1. The maximum Gasteiger partial charge on any atom is 0.122 e. The Bertz CT molecular complexity index is 382. The van der Waals surface area contributed by atoms with E-state index in [0.717, 1.165) is 18.7 Å². The molecule has 0 fully saturated rings. The Morgan fingerprint density at radius 3 is 2.63 bits per heavy atom. The number of benzene rings is 1. The van der Waals surface area contributed by atoms with Crippen LogP contribution >= 0.6 is 0 Å². The molecule has 0 aromatic heterocycles. The molecule has 1 unspecified atom stereocenters. The van der Waals surface area contributed by atoms with Crippen molar-refractivity contribution in [2.24, 2.45) is 0 Å². The van der Waals surface area contributed by atoms with Gasteiger partial charge < -0.3 is 19.8 Å². The van der Waals surface area contributed by atoms with E-state index in [1.807, 2.05) is 19.2 Å². The van der Waals surface area contributed by atoms with Crippen molar-refractivity contribution in [2.75, 3.05) is 33.9 Å². The highest BCUT2D eigenvalue weighted by Crippen LogP contribution is 2.20. The van der Waals surface area contributed by atoms with E-state index in [0.29, 0.717) is 6.42 Å². The summed E-state index contributed by atoms with van der Waals surface area (Å²) in [5, 5.41) is 18.3. The Kier molecular flexibility index (Phi) is 6.84. The number of likely N-dealkylation sites (N-methyl/N-ethyl adjacent to an activating group) is 1. The zero-order valence-electron chi connectivity index (χ0n) is 12.1. The van der Waals surface area contributed by atoms with Crippen LogP contribution in [0.5, 0.6) is 5.75 Å². The lowest BCUT2D eigenvalue weighted by atomic mass is 10.1. The molecule has 0 aliphatic rings. The molecule has 0 saturated carbocycles. The molecule has 1 atom stereocenters. The number of aliphatic hydroxyl groups excluding tert-OH is 2. The molecule has 2 N–H and O–H groups in total. The molecule has 0 radical (unpaired) electrons. The number of hydrogen-bond donors (Lipinski definition) is 2. The number of aryl methyl sites for hydroxylation is 1. The maximum atomic E-state index is 9.29. The zero-order valence-corrected chi connectivity index (χ0v) is 12.1. The van der Waals surface area contributed by atoms with Gasteiger partial charge in [0, 0.05) is 19.2 Å². The largest absolute Gasteiger partial charge is 0.496 e. The molecule has 0 aliphatic heterocycles. The van der Waals surface area contributed by atoms with E-state index >= 15 is 0 Å². The van der Waals surface area contributed by atoms with Gasteiger partial charge in [0.05, 0.1) is 13.7 Å². The lowest BCUT2D eigenvalue weighted by Gasteiger charge is -2.26. The molecule has 4 nitrogen and oxygen atoms in total. The summed E-state index contributed by atoms with van der Waals surface area (Å²) in [6.45, 7) is 3.06. The van der Waals surface area contributed by atoms with Crippen molar-refractivity contribution < 1.29 is 14.9 Å². The van der Waals surface area contributed by atoms with Gasteiger partial charge in [-0.1, -0.05) is 17.7 Å². The van der Waals surface area contributed by atoms with E-state index in [4.69, 9.17) is 9.84 Å². The fourth-order valence-electron chi connectivity index (χ4n) is 2.18. The van der Waals surface area contributed by atoms with Gasteiger partial charge in [0.15, 0.2) is 0 Å². The summed E-state index contributed by atoms with van der Waals surface area (Å²) < 4.78 is 5.36. The Hall–Kier alpha value is -1.10. The molecule has 0 saturated heterocycles. The smallest absolute Gasteiger partial charge is 0.122 e. The Balaban J connectivity index is 2.62. The van der Waals surface area contributed by atoms with Crippen LogP contribution in [-0.2, 0) is 6.42 Å². The highest BCUT2D eigenvalue weighted by atomic mass is 16.5. The van der Waals surface area contributed by atoms with Crippen molar-refractivity contribution in [1.82, 2.24) is 4.90 Å². The fraction of sp³-hybridized carbons (Fsp3) is 0.600. The number of aliphatic hydroxyl groups is 2. The molecule has 0 heterocycles. The number of nitrogens with zero attached hydrogens (tertiary/aromatic N) is 1. The summed E-state index contributed by atoms with van der Waals surface area (Å²) in [6, 6.07) is 6.17. The van der Waals surface area contributed by atoms with Crippen molar-refractivity contribution in [1.29, 1.82) is 0 Å². The minimum Gasteiger partial charge on any atom is -0.496 e. The summed E-state index contributed by atoms with van der Waals surface area (Å²) >= 11 is 0. The first kappa shape index (κ1) is 16.0. The average molecular weight is 267 g/mol. The van der Waals surface area contributed by atoms with Crippen LogP contribution in [0.25, 0.3) is 0 Å². The molecular formula is C15H25NO3. The lowest BCUT2D eigenvalue weighted by molar-refractivity contribution is 0.120. The average Bonchev–Trinajstić information content (AvgIpc) is 2.42. The number of methoxy groups -OCH3 is 1. The Labute approximate surface area is 115 Å². The molecule has 1 aromatic carbocycles. The molecule has 1 aromatic rings. The Morgan fingerprint density at radius 1 is 1.32 bits per heavy atom. The third kappa shape index (κ3) is 4.82. The predicted octanol–water partition coefficient (Wildman–Crippen LogP) is 1.22. The van der Waals surface area contributed by atoms with Crippen molar-refractivity contribution in [3.8, 4) is 5.75 Å². The van der Waals surface area contributed by atoms with Gasteiger partial charge in [-0.3, -0.25) is 0 Å². The van der Waals surface area contributed by atoms with Crippen LogP contribution in [0.4, 0.5) is 0 Å². The molecule has 0 bridgehead atoms. The standard InChI is InChI=1S/C15H25NO3/c1-12-4-5-15(19-3)13(10-12)6-8-16(2)14(11-18)7-9-17/h4-5,10,14,17-18H,6-9,11H2,1-3H3.